The highest BCUT2D eigenvalue weighted by Crippen LogP contribution is 2.40. The molecule has 0 saturated carbocycles. The first kappa shape index (κ1) is 59.3. The number of nitrogens with zero attached hydrogens (tertiary/aromatic N) is 2. The van der Waals surface area contributed by atoms with E-state index in [1.807, 2.05) is 104 Å². The molecule has 2 aromatic carbocycles. The van der Waals surface area contributed by atoms with E-state index < -0.39 is 36.6 Å². The van der Waals surface area contributed by atoms with Crippen LogP contribution in [0.5, 0.6) is 11.8 Å². The van der Waals surface area contributed by atoms with Crippen LogP contribution in [0.15, 0.2) is 60.7 Å². The number of aromatic nitrogens is 2. The lowest BCUT2D eigenvalue weighted by Crippen LogP contribution is -2.41. The number of nitrogens with two attached hydrogens (primary N) is 1. The molecule has 2 amide bonds. The molecule has 0 radical (unpaired) electrons. The fourth-order valence-electron chi connectivity index (χ4n) is 7.65. The summed E-state index contributed by atoms with van der Waals surface area (Å²) in [6.45, 7) is 20.2. The number of carbonyl (C=O) groups excluding carboxylic acids is 3. The summed E-state index contributed by atoms with van der Waals surface area (Å²) in [7, 11) is 1.96. The lowest BCUT2D eigenvalue weighted by molar-refractivity contribution is -0.120. The Bertz CT molecular complexity index is 2440. The second-order valence-electron chi connectivity index (χ2n) is 18.8. The Morgan fingerprint density at radius 1 is 0.746 bits per heavy atom. The smallest absolute Gasteiger partial charge is 0.481 e. The molecule has 4 aliphatic rings. The van der Waals surface area contributed by atoms with Crippen molar-refractivity contribution in [3.05, 3.63) is 81.8 Å². The lowest BCUT2D eigenvalue weighted by Gasteiger charge is -2.32. The molecule has 0 bridgehead atoms. The SMILES string of the molecule is C.COc1nc(-c2cccc(B3OC(C)(C)C(C)(C)O3)c2Cl)ccc1C=O.COc1nc(-c2cccc(B3OC(C)(C)C(C)(C)O3)c2Cl)ccc1CNC[C@@H]1CCC(=O)N1.Cl.NC[C@@H]1CCC(=O)N1.[2H]CC. The highest BCUT2D eigenvalue weighted by molar-refractivity contribution is 6.66. The quantitative estimate of drug-likeness (QED) is 0.0791. The van der Waals surface area contributed by atoms with Gasteiger partial charge in [0, 0.05) is 83.6 Å². The van der Waals surface area contributed by atoms with Crippen LogP contribution in [0.25, 0.3) is 22.5 Å². The van der Waals surface area contributed by atoms with E-state index in [0.717, 1.165) is 40.5 Å². The minimum atomic E-state index is -0.566. The molecule has 4 aliphatic heterocycles. The second-order valence-corrected chi connectivity index (χ2v) is 19.6. The molecule has 4 saturated heterocycles. The van der Waals surface area contributed by atoms with Gasteiger partial charge in [-0.2, -0.15) is 0 Å². The topological polar surface area (TPSA) is 194 Å². The van der Waals surface area contributed by atoms with Crippen LogP contribution in [-0.2, 0) is 34.8 Å². The van der Waals surface area contributed by atoms with Gasteiger partial charge in [0.1, 0.15) is 0 Å². The standard InChI is InChI=1S/C24H31BClN3O4.C19H21BClNO4.C5H10N2O.C2H6.CH4.ClH/c1-23(2)24(3,4)33-25(32-23)18-8-6-7-17(21(18)26)19-11-9-15(22(29-19)31-5)13-27-14-16-10-12-20(30)28-16;1-18(2)19(3,4)26-20(25-18)14-8-6-7-13(16(14)21)15-10-9-12(11-23)17(22-15)24-5;6-3-4-1-2-5(8)7-4;1-2;;/h6-9,11,16,27H,10,12-14H2,1-5H3,(H,28,30);6-11H,1-5H3;4H,1-3,6H2,(H,7,8);1-2H3;1H4;1H/t16-;;4-;;;/m0.0.../s1/i;;;1D;;. The van der Waals surface area contributed by atoms with Crippen molar-refractivity contribution in [3.8, 4) is 34.3 Å². The van der Waals surface area contributed by atoms with Crippen LogP contribution >= 0.6 is 35.6 Å². The third-order valence-electron chi connectivity index (χ3n) is 13.1. The number of benzene rings is 2. The summed E-state index contributed by atoms with van der Waals surface area (Å²) in [6.07, 6.45) is 3.73. The molecule has 20 heteroatoms. The van der Waals surface area contributed by atoms with Crippen molar-refractivity contribution in [2.24, 2.45) is 5.73 Å². The van der Waals surface area contributed by atoms with Crippen molar-refractivity contribution in [2.75, 3.05) is 27.3 Å². The number of amides is 2. The number of halogens is 3. The van der Waals surface area contributed by atoms with Gasteiger partial charge in [-0.15, -0.1) is 12.4 Å². The molecular weight excluding hydrogens is 969 g/mol. The number of aldehydes is 1. The number of ether oxygens (including phenoxy) is 2. The van der Waals surface area contributed by atoms with Crippen molar-refractivity contribution < 1.29 is 43.8 Å². The summed E-state index contributed by atoms with van der Waals surface area (Å²) in [5.74, 6) is 1.05. The van der Waals surface area contributed by atoms with Crippen molar-refractivity contribution in [2.45, 2.75) is 143 Å². The van der Waals surface area contributed by atoms with Gasteiger partial charge in [0.25, 0.3) is 0 Å². The van der Waals surface area contributed by atoms with Crippen LogP contribution in [0.2, 0.25) is 10.0 Å². The maximum atomic E-state index is 11.4. The fraction of sp³-hybridized carbons (Fsp3) is 0.510. The van der Waals surface area contributed by atoms with Gasteiger partial charge in [-0.25, -0.2) is 9.97 Å². The summed E-state index contributed by atoms with van der Waals surface area (Å²) in [5.41, 5.74) is 9.13. The van der Waals surface area contributed by atoms with E-state index in [1.165, 1.54) is 7.11 Å². The Kier molecular flexibility index (Phi) is 21.8. The molecule has 5 N–H and O–H groups in total. The van der Waals surface area contributed by atoms with Gasteiger partial charge in [-0.1, -0.05) is 86.9 Å². The van der Waals surface area contributed by atoms with Crippen LogP contribution in [0.3, 0.4) is 0 Å². The lowest BCUT2D eigenvalue weighted by atomic mass is 9.78. The molecule has 4 fully saturated rings. The van der Waals surface area contributed by atoms with Crippen LogP contribution in [0, 0.1) is 0 Å². The Hall–Kier alpha value is -4.29. The molecule has 6 heterocycles. The molecule has 71 heavy (non-hydrogen) atoms. The Morgan fingerprint density at radius 2 is 1.17 bits per heavy atom. The number of nitrogens with one attached hydrogen (secondary N) is 3. The normalized spacial score (nSPS) is 19.9. The third kappa shape index (κ3) is 14.5. The highest BCUT2D eigenvalue weighted by atomic mass is 35.5. The molecule has 0 unspecified atom stereocenters. The molecule has 2 atom stereocenters. The molecule has 388 valence electrons. The van der Waals surface area contributed by atoms with E-state index in [0.29, 0.717) is 78.5 Å². The Morgan fingerprint density at radius 3 is 1.55 bits per heavy atom. The first-order valence-electron chi connectivity index (χ1n) is 23.9. The van der Waals surface area contributed by atoms with E-state index in [2.05, 4.69) is 20.9 Å². The minimum absolute atomic E-state index is 0. The van der Waals surface area contributed by atoms with Gasteiger partial charge in [0.15, 0.2) is 6.29 Å². The third-order valence-corrected chi connectivity index (χ3v) is 14.0. The van der Waals surface area contributed by atoms with E-state index in [-0.39, 0.29) is 49.6 Å². The molecular formula is C51H73B2Cl3N6O9. The number of hydrogen-bond acceptors (Lipinski definition) is 13. The van der Waals surface area contributed by atoms with Crippen molar-refractivity contribution in [1.82, 2.24) is 25.9 Å². The van der Waals surface area contributed by atoms with Crippen molar-refractivity contribution >= 4 is 78.9 Å². The highest BCUT2D eigenvalue weighted by Gasteiger charge is 2.53. The first-order valence-corrected chi connectivity index (χ1v) is 23.9. The predicted molar refractivity (Wildman–Crippen MR) is 288 cm³/mol. The molecule has 15 nitrogen and oxygen atoms in total. The Labute approximate surface area is 439 Å². The minimum Gasteiger partial charge on any atom is -0.481 e. The average molecular weight is 1040 g/mol. The van der Waals surface area contributed by atoms with Crippen LogP contribution < -0.4 is 42.1 Å². The largest absolute Gasteiger partial charge is 0.496 e. The second kappa shape index (κ2) is 26.1. The van der Waals surface area contributed by atoms with Gasteiger partial charge in [0.05, 0.1) is 53.6 Å². The number of hydrogen-bond donors (Lipinski definition) is 4. The van der Waals surface area contributed by atoms with Gasteiger partial charge in [-0.3, -0.25) is 14.4 Å². The molecule has 8 rings (SSSR count). The monoisotopic (exact) mass is 1040 g/mol. The average Bonchev–Trinajstić information content (AvgIpc) is 4.05. The van der Waals surface area contributed by atoms with Crippen molar-refractivity contribution in [3.63, 3.8) is 0 Å². The van der Waals surface area contributed by atoms with E-state index in [4.69, 9.17) is 63.4 Å². The fourth-order valence-corrected chi connectivity index (χ4v) is 8.27. The molecule has 0 aliphatic carbocycles. The van der Waals surface area contributed by atoms with Crippen LogP contribution in [-0.4, -0.2) is 104 Å². The van der Waals surface area contributed by atoms with E-state index in [9.17, 15) is 14.4 Å². The zero-order valence-corrected chi connectivity index (χ0v) is 44.5. The van der Waals surface area contributed by atoms with Gasteiger partial charge >= 0.3 is 14.2 Å². The summed E-state index contributed by atoms with van der Waals surface area (Å²) in [6, 6.07) is 19.1. The first-order chi connectivity index (χ1) is 33.0. The summed E-state index contributed by atoms with van der Waals surface area (Å²) >= 11 is 13.5. The maximum Gasteiger partial charge on any atom is 0.496 e. The molecule has 2 aromatic heterocycles. The molecule has 0 spiro atoms. The predicted octanol–water partition coefficient (Wildman–Crippen LogP) is 7.91. The zero-order valence-electron chi connectivity index (χ0n) is 43.1. The number of methoxy groups -OCH3 is 2. The number of carbonyl (C=O) groups is 3. The van der Waals surface area contributed by atoms with Gasteiger partial charge < -0.3 is 49.8 Å². The van der Waals surface area contributed by atoms with E-state index in [1.54, 1.807) is 26.2 Å². The Balaban J connectivity index is 0.000000312. The molecule has 4 aromatic rings. The van der Waals surface area contributed by atoms with E-state index >= 15 is 0 Å². The summed E-state index contributed by atoms with van der Waals surface area (Å²) in [4.78, 5) is 42.0. The summed E-state index contributed by atoms with van der Waals surface area (Å²) in [5, 5.41) is 10.1. The number of pyridine rings is 2. The van der Waals surface area contributed by atoms with Gasteiger partial charge in [-0.05, 0) is 86.4 Å². The maximum absolute atomic E-state index is 11.4. The van der Waals surface area contributed by atoms with Gasteiger partial charge in [0.2, 0.25) is 23.6 Å². The van der Waals surface area contributed by atoms with Crippen LogP contribution in [0.4, 0.5) is 0 Å². The zero-order chi connectivity index (χ0) is 51.6. The van der Waals surface area contributed by atoms with Crippen molar-refractivity contribution in [1.29, 1.82) is 0 Å². The van der Waals surface area contributed by atoms with Crippen LogP contribution in [0.1, 0.15) is 120 Å². The summed E-state index contributed by atoms with van der Waals surface area (Å²) < 4.78 is 41.6. The number of rotatable bonds is 12.